The first-order chi connectivity index (χ1) is 11.8. The Morgan fingerprint density at radius 1 is 0.800 bits per heavy atom. The van der Waals surface area contributed by atoms with Crippen LogP contribution in [0.3, 0.4) is 0 Å². The summed E-state index contributed by atoms with van der Waals surface area (Å²) in [6.07, 6.45) is 0. The number of rotatable bonds is 5. The SMILES string of the molecule is CC(C)(O)C(C)(C)O[B]c1cc2ccccc2cc1-c1ccccc1. The Morgan fingerprint density at radius 3 is 1.96 bits per heavy atom. The zero-order chi connectivity index (χ0) is 18.1. The molecule has 0 fully saturated rings. The van der Waals surface area contributed by atoms with Gasteiger partial charge < -0.3 is 9.76 Å². The molecule has 0 amide bonds. The zero-order valence-electron chi connectivity index (χ0n) is 15.3. The first-order valence-corrected chi connectivity index (χ1v) is 8.59. The van der Waals surface area contributed by atoms with E-state index in [1.54, 1.807) is 21.3 Å². The Morgan fingerprint density at radius 2 is 1.36 bits per heavy atom. The molecule has 0 saturated carbocycles. The van der Waals surface area contributed by atoms with Crippen molar-refractivity contribution in [3.8, 4) is 11.1 Å². The predicted octanol–water partition coefficient (Wildman–Crippen LogP) is 4.32. The Hall–Kier alpha value is -2.10. The van der Waals surface area contributed by atoms with Gasteiger partial charge in [0.15, 0.2) is 0 Å². The largest absolute Gasteiger partial charge is 0.427 e. The van der Waals surface area contributed by atoms with Gasteiger partial charge in [-0.3, -0.25) is 0 Å². The molecule has 3 aromatic carbocycles. The second-order valence-corrected chi connectivity index (χ2v) is 7.46. The molecule has 0 saturated heterocycles. The third kappa shape index (κ3) is 3.78. The monoisotopic (exact) mass is 331 g/mol. The molecule has 3 heteroatoms. The summed E-state index contributed by atoms with van der Waals surface area (Å²) in [5, 5.41) is 12.7. The lowest BCUT2D eigenvalue weighted by atomic mass is 9.77. The Bertz CT molecular complexity index is 864. The molecule has 0 unspecified atom stereocenters. The van der Waals surface area contributed by atoms with E-state index in [1.807, 2.05) is 44.2 Å². The molecule has 3 rings (SSSR count). The molecule has 0 heterocycles. The van der Waals surface area contributed by atoms with Gasteiger partial charge in [-0.2, -0.15) is 0 Å². The van der Waals surface area contributed by atoms with Gasteiger partial charge in [-0.05, 0) is 61.1 Å². The highest BCUT2D eigenvalue weighted by molar-refractivity contribution is 6.50. The Kier molecular flexibility index (Phi) is 4.72. The minimum Gasteiger partial charge on any atom is -0.427 e. The zero-order valence-corrected chi connectivity index (χ0v) is 15.3. The fraction of sp³-hybridized carbons (Fsp3) is 0.273. The van der Waals surface area contributed by atoms with Gasteiger partial charge >= 0.3 is 7.48 Å². The second kappa shape index (κ2) is 6.66. The molecule has 0 aromatic heterocycles. The smallest absolute Gasteiger partial charge is 0.331 e. The highest BCUT2D eigenvalue weighted by atomic mass is 16.5. The topological polar surface area (TPSA) is 29.5 Å². The summed E-state index contributed by atoms with van der Waals surface area (Å²) in [4.78, 5) is 0. The molecule has 0 aliphatic carbocycles. The van der Waals surface area contributed by atoms with E-state index < -0.39 is 11.2 Å². The molecule has 0 bridgehead atoms. The summed E-state index contributed by atoms with van der Waals surface area (Å²) in [6, 6.07) is 22.9. The Labute approximate surface area is 150 Å². The molecule has 1 N–H and O–H groups in total. The van der Waals surface area contributed by atoms with Crippen LogP contribution in [0.2, 0.25) is 0 Å². The second-order valence-electron chi connectivity index (χ2n) is 7.46. The summed E-state index contributed by atoms with van der Waals surface area (Å²) in [6.45, 7) is 7.32. The number of hydrogen-bond donors (Lipinski definition) is 1. The van der Waals surface area contributed by atoms with Crippen LogP contribution >= 0.6 is 0 Å². The van der Waals surface area contributed by atoms with Crippen molar-refractivity contribution in [2.45, 2.75) is 38.9 Å². The van der Waals surface area contributed by atoms with Crippen molar-refractivity contribution < 1.29 is 9.76 Å². The molecule has 1 radical (unpaired) electrons. The van der Waals surface area contributed by atoms with E-state index in [0.717, 1.165) is 22.0 Å². The van der Waals surface area contributed by atoms with Crippen LogP contribution in [-0.4, -0.2) is 23.8 Å². The number of fused-ring (bicyclic) bond motifs is 1. The number of hydrogen-bond acceptors (Lipinski definition) is 2. The van der Waals surface area contributed by atoms with Crippen LogP contribution < -0.4 is 5.46 Å². The highest BCUT2D eigenvalue weighted by Crippen LogP contribution is 2.26. The van der Waals surface area contributed by atoms with Crippen molar-refractivity contribution in [2.24, 2.45) is 0 Å². The van der Waals surface area contributed by atoms with E-state index >= 15 is 0 Å². The minimum atomic E-state index is -0.951. The van der Waals surface area contributed by atoms with Crippen LogP contribution in [0.15, 0.2) is 66.7 Å². The average Bonchev–Trinajstić information content (AvgIpc) is 2.59. The van der Waals surface area contributed by atoms with Gasteiger partial charge in [-0.25, -0.2) is 0 Å². The van der Waals surface area contributed by atoms with E-state index in [1.165, 1.54) is 5.39 Å². The lowest BCUT2D eigenvalue weighted by molar-refractivity contribution is -0.0893. The quantitative estimate of drug-likeness (QED) is 0.706. The number of benzene rings is 3. The van der Waals surface area contributed by atoms with Crippen LogP contribution in [0.1, 0.15) is 27.7 Å². The van der Waals surface area contributed by atoms with Crippen molar-refractivity contribution in [2.75, 3.05) is 0 Å². The molecular weight excluding hydrogens is 307 g/mol. The molecule has 127 valence electrons. The molecule has 0 aliphatic rings. The molecule has 0 atom stereocenters. The maximum absolute atomic E-state index is 10.3. The molecule has 25 heavy (non-hydrogen) atoms. The highest BCUT2D eigenvalue weighted by Gasteiger charge is 2.35. The summed E-state index contributed by atoms with van der Waals surface area (Å²) in [5.74, 6) is 0. The molecular formula is C22H24BO2. The fourth-order valence-electron chi connectivity index (χ4n) is 2.58. The minimum absolute atomic E-state index is 0.702. The third-order valence-corrected chi connectivity index (χ3v) is 4.96. The molecule has 2 nitrogen and oxygen atoms in total. The van der Waals surface area contributed by atoms with Gasteiger partial charge in [-0.1, -0.05) is 60.7 Å². The van der Waals surface area contributed by atoms with Crippen LogP contribution in [0.4, 0.5) is 0 Å². The first kappa shape index (κ1) is 17.7. The summed E-state index contributed by atoms with van der Waals surface area (Å²) in [7, 11) is 1.77. The lowest BCUT2D eigenvalue weighted by Gasteiger charge is -2.37. The van der Waals surface area contributed by atoms with E-state index in [9.17, 15) is 5.11 Å². The van der Waals surface area contributed by atoms with Gasteiger partial charge in [0, 0.05) is 0 Å². The maximum atomic E-state index is 10.3. The van der Waals surface area contributed by atoms with Gasteiger partial charge in [-0.15, -0.1) is 0 Å². The first-order valence-electron chi connectivity index (χ1n) is 8.59. The average molecular weight is 331 g/mol. The fourth-order valence-corrected chi connectivity index (χ4v) is 2.58. The van der Waals surface area contributed by atoms with Gasteiger partial charge in [0.1, 0.15) is 0 Å². The lowest BCUT2D eigenvalue weighted by Crippen LogP contribution is -2.49. The molecule has 3 aromatic rings. The van der Waals surface area contributed by atoms with E-state index in [0.29, 0.717) is 0 Å². The van der Waals surface area contributed by atoms with Crippen molar-refractivity contribution in [3.63, 3.8) is 0 Å². The van der Waals surface area contributed by atoms with Crippen LogP contribution in [0.5, 0.6) is 0 Å². The molecule has 0 aliphatic heterocycles. The summed E-state index contributed by atoms with van der Waals surface area (Å²) < 4.78 is 6.02. The van der Waals surface area contributed by atoms with E-state index in [-0.39, 0.29) is 0 Å². The van der Waals surface area contributed by atoms with Crippen molar-refractivity contribution in [1.29, 1.82) is 0 Å². The third-order valence-electron chi connectivity index (χ3n) is 4.96. The Balaban J connectivity index is 2.03. The maximum Gasteiger partial charge on any atom is 0.331 e. The summed E-state index contributed by atoms with van der Waals surface area (Å²) >= 11 is 0. The van der Waals surface area contributed by atoms with Crippen molar-refractivity contribution in [3.05, 3.63) is 66.7 Å². The van der Waals surface area contributed by atoms with Gasteiger partial charge in [0.2, 0.25) is 0 Å². The van der Waals surface area contributed by atoms with Crippen LogP contribution in [-0.2, 0) is 4.65 Å². The van der Waals surface area contributed by atoms with Gasteiger partial charge in [0.25, 0.3) is 0 Å². The van der Waals surface area contributed by atoms with Crippen molar-refractivity contribution >= 4 is 23.7 Å². The standard InChI is InChI=1S/C22H24BO2/c1-21(2,24)22(3,4)25-23-20-15-18-13-9-8-12-17(18)14-19(20)16-10-6-5-7-11-16/h5-15,24H,1-4H3. The van der Waals surface area contributed by atoms with Gasteiger partial charge in [0.05, 0.1) is 11.2 Å². The number of aliphatic hydroxyl groups is 1. The van der Waals surface area contributed by atoms with E-state index in [4.69, 9.17) is 4.65 Å². The predicted molar refractivity (Wildman–Crippen MR) is 106 cm³/mol. The van der Waals surface area contributed by atoms with Crippen molar-refractivity contribution in [1.82, 2.24) is 0 Å². The van der Waals surface area contributed by atoms with Crippen LogP contribution in [0, 0.1) is 0 Å². The normalized spacial score (nSPS) is 12.4. The molecule has 0 spiro atoms. The van der Waals surface area contributed by atoms with E-state index in [2.05, 4.69) is 36.4 Å². The summed E-state index contributed by atoms with van der Waals surface area (Å²) in [5.41, 5.74) is 1.61. The van der Waals surface area contributed by atoms with Crippen LogP contribution in [0.25, 0.3) is 21.9 Å².